The molecule has 0 N–H and O–H groups in total. The van der Waals surface area contributed by atoms with Gasteiger partial charge in [-0.1, -0.05) is 33.6 Å². The summed E-state index contributed by atoms with van der Waals surface area (Å²) in [5.74, 6) is 0.107. The van der Waals surface area contributed by atoms with E-state index in [1.165, 1.54) is 0 Å². The van der Waals surface area contributed by atoms with Gasteiger partial charge in [0.15, 0.2) is 0 Å². The van der Waals surface area contributed by atoms with Gasteiger partial charge in [-0.05, 0) is 12.3 Å². The topological polar surface area (TPSA) is 46.6 Å². The summed E-state index contributed by atoms with van der Waals surface area (Å²) < 4.78 is 5.28. The lowest BCUT2D eigenvalue weighted by Gasteiger charge is -2.16. The van der Waals surface area contributed by atoms with E-state index in [1.807, 2.05) is 6.92 Å². The van der Waals surface area contributed by atoms with Crippen LogP contribution in [0.5, 0.6) is 0 Å². The van der Waals surface area contributed by atoms with E-state index in [0.717, 1.165) is 12.8 Å². The zero-order valence-corrected chi connectivity index (χ0v) is 12.4. The van der Waals surface area contributed by atoms with Crippen LogP contribution in [0.3, 0.4) is 0 Å². The largest absolute Gasteiger partial charge is 0.465 e. The maximum Gasteiger partial charge on any atom is 0.308 e. The number of rotatable bonds is 8. The van der Waals surface area contributed by atoms with Crippen LogP contribution >= 0.6 is 0 Å². The second kappa shape index (κ2) is 8.95. The molecule has 1 unspecified atom stereocenters. The Hall–Kier alpha value is -1.06. The highest BCUT2D eigenvalue weighted by Crippen LogP contribution is 2.12. The van der Waals surface area contributed by atoms with Gasteiger partial charge in [-0.25, -0.2) is 0 Å². The first-order chi connectivity index (χ1) is 8.42. The number of carbonyl (C=O) groups is 2. The monoisotopic (exact) mass is 257 g/mol. The van der Waals surface area contributed by atoms with Gasteiger partial charge < -0.3 is 9.64 Å². The van der Waals surface area contributed by atoms with Crippen molar-refractivity contribution in [3.63, 3.8) is 0 Å². The van der Waals surface area contributed by atoms with Gasteiger partial charge in [0.05, 0.1) is 12.5 Å². The number of hydrogen-bond donors (Lipinski definition) is 0. The first kappa shape index (κ1) is 16.9. The highest BCUT2D eigenvalue weighted by molar-refractivity contribution is 5.77. The summed E-state index contributed by atoms with van der Waals surface area (Å²) in [6.07, 6.45) is 3.00. The molecule has 0 fully saturated rings. The van der Waals surface area contributed by atoms with Crippen LogP contribution in [0.2, 0.25) is 0 Å². The minimum atomic E-state index is -0.205. The summed E-state index contributed by atoms with van der Waals surface area (Å²) >= 11 is 0. The van der Waals surface area contributed by atoms with Gasteiger partial charge in [0.25, 0.3) is 0 Å². The third-order valence-corrected chi connectivity index (χ3v) is 3.31. The minimum absolute atomic E-state index is 0.0506. The molecule has 0 aliphatic carbocycles. The predicted octanol–water partition coefficient (Wildman–Crippen LogP) is 2.47. The number of ether oxygens (including phenoxy) is 1. The smallest absolute Gasteiger partial charge is 0.308 e. The van der Waals surface area contributed by atoms with Crippen molar-refractivity contribution >= 4 is 11.9 Å². The Morgan fingerprint density at radius 1 is 1.17 bits per heavy atom. The van der Waals surface area contributed by atoms with Crippen molar-refractivity contribution in [2.75, 3.05) is 20.7 Å². The van der Waals surface area contributed by atoms with E-state index in [2.05, 4.69) is 13.8 Å². The van der Waals surface area contributed by atoms with Crippen molar-refractivity contribution in [1.82, 2.24) is 4.90 Å². The second-order valence-corrected chi connectivity index (χ2v) is 5.04. The second-order valence-electron chi connectivity index (χ2n) is 5.04. The molecule has 4 heteroatoms. The van der Waals surface area contributed by atoms with Gasteiger partial charge in [0.1, 0.15) is 0 Å². The van der Waals surface area contributed by atoms with E-state index in [-0.39, 0.29) is 17.8 Å². The summed E-state index contributed by atoms with van der Waals surface area (Å²) in [5.41, 5.74) is 0. The first-order valence-corrected chi connectivity index (χ1v) is 6.79. The Balaban J connectivity index is 3.93. The van der Waals surface area contributed by atoms with E-state index >= 15 is 0 Å². The van der Waals surface area contributed by atoms with Crippen molar-refractivity contribution < 1.29 is 14.3 Å². The van der Waals surface area contributed by atoms with Crippen molar-refractivity contribution in [2.45, 2.75) is 46.5 Å². The van der Waals surface area contributed by atoms with E-state index in [1.54, 1.807) is 19.0 Å². The lowest BCUT2D eigenvalue weighted by Crippen LogP contribution is -2.24. The molecule has 0 rings (SSSR count). The molecule has 4 nitrogen and oxygen atoms in total. The molecule has 0 aliphatic rings. The maximum absolute atomic E-state index is 11.7. The highest BCUT2D eigenvalue weighted by Gasteiger charge is 2.17. The van der Waals surface area contributed by atoms with Crippen LogP contribution in [-0.4, -0.2) is 37.5 Å². The quantitative estimate of drug-likeness (QED) is 0.628. The first-order valence-electron chi connectivity index (χ1n) is 6.79. The predicted molar refractivity (Wildman–Crippen MR) is 72.1 cm³/mol. The van der Waals surface area contributed by atoms with Gasteiger partial charge in [-0.15, -0.1) is 0 Å². The zero-order valence-electron chi connectivity index (χ0n) is 12.4. The third kappa shape index (κ3) is 6.62. The molecule has 0 saturated carbocycles. The Labute approximate surface area is 111 Å². The van der Waals surface area contributed by atoms with Gasteiger partial charge in [-0.2, -0.15) is 0 Å². The molecule has 1 amide bonds. The fraction of sp³-hybridized carbons (Fsp3) is 0.857. The Morgan fingerprint density at radius 3 is 2.17 bits per heavy atom. The zero-order chi connectivity index (χ0) is 14.1. The third-order valence-electron chi connectivity index (χ3n) is 3.31. The lowest BCUT2D eigenvalue weighted by molar-refractivity contribution is -0.149. The average molecular weight is 257 g/mol. The Bertz CT molecular complexity index is 260. The molecular formula is C14H27NO3. The van der Waals surface area contributed by atoms with Crippen LogP contribution in [0, 0.1) is 11.8 Å². The SMILES string of the molecule is CCC(CC)COC(=O)C(C)CCC(=O)N(C)C. The normalized spacial score (nSPS) is 12.3. The standard InChI is InChI=1S/C14H27NO3/c1-6-12(7-2)10-18-14(17)11(3)8-9-13(16)15(4)5/h11-12H,6-10H2,1-5H3. The number of hydrogen-bond acceptors (Lipinski definition) is 3. The molecule has 0 saturated heterocycles. The molecule has 0 spiro atoms. The van der Waals surface area contributed by atoms with Crippen molar-refractivity contribution in [3.05, 3.63) is 0 Å². The van der Waals surface area contributed by atoms with E-state index < -0.39 is 0 Å². The van der Waals surface area contributed by atoms with Crippen molar-refractivity contribution in [3.8, 4) is 0 Å². The van der Waals surface area contributed by atoms with Gasteiger partial charge >= 0.3 is 5.97 Å². The minimum Gasteiger partial charge on any atom is -0.465 e. The van der Waals surface area contributed by atoms with Gasteiger partial charge in [0.2, 0.25) is 5.91 Å². The van der Waals surface area contributed by atoms with Crippen LogP contribution in [0.1, 0.15) is 46.5 Å². The number of amides is 1. The van der Waals surface area contributed by atoms with E-state index in [9.17, 15) is 9.59 Å². The average Bonchev–Trinajstić information content (AvgIpc) is 2.36. The molecule has 18 heavy (non-hydrogen) atoms. The number of esters is 1. The summed E-state index contributed by atoms with van der Waals surface area (Å²) in [7, 11) is 3.44. The van der Waals surface area contributed by atoms with Crippen LogP contribution in [0.4, 0.5) is 0 Å². The van der Waals surface area contributed by atoms with Gasteiger partial charge in [0, 0.05) is 20.5 Å². The highest BCUT2D eigenvalue weighted by atomic mass is 16.5. The van der Waals surface area contributed by atoms with Crippen LogP contribution < -0.4 is 0 Å². The fourth-order valence-corrected chi connectivity index (χ4v) is 1.55. The maximum atomic E-state index is 11.7. The molecule has 0 bridgehead atoms. The number of carbonyl (C=O) groups excluding carboxylic acids is 2. The summed E-state index contributed by atoms with van der Waals surface area (Å²) in [5, 5.41) is 0. The molecule has 0 aromatic heterocycles. The van der Waals surface area contributed by atoms with E-state index in [0.29, 0.717) is 25.4 Å². The van der Waals surface area contributed by atoms with Crippen molar-refractivity contribution in [1.29, 1.82) is 0 Å². The van der Waals surface area contributed by atoms with Crippen LogP contribution in [0.15, 0.2) is 0 Å². The lowest BCUT2D eigenvalue weighted by atomic mass is 10.0. The van der Waals surface area contributed by atoms with Crippen LogP contribution in [-0.2, 0) is 14.3 Å². The molecule has 0 radical (unpaired) electrons. The molecule has 1 atom stereocenters. The van der Waals surface area contributed by atoms with Gasteiger partial charge in [-0.3, -0.25) is 9.59 Å². The van der Waals surface area contributed by atoms with E-state index in [4.69, 9.17) is 4.74 Å². The summed E-state index contributed by atoms with van der Waals surface area (Å²) in [6, 6.07) is 0. The van der Waals surface area contributed by atoms with Crippen LogP contribution in [0.25, 0.3) is 0 Å². The molecule has 0 aliphatic heterocycles. The molecule has 0 heterocycles. The summed E-state index contributed by atoms with van der Waals surface area (Å²) in [4.78, 5) is 24.7. The fourth-order valence-electron chi connectivity index (χ4n) is 1.55. The molecule has 0 aromatic carbocycles. The Morgan fingerprint density at radius 2 is 1.72 bits per heavy atom. The van der Waals surface area contributed by atoms with Crippen molar-refractivity contribution in [2.24, 2.45) is 11.8 Å². The number of nitrogens with zero attached hydrogens (tertiary/aromatic N) is 1. The molecule has 106 valence electrons. The molecule has 0 aromatic rings. The Kier molecular flexibility index (Phi) is 8.42. The molecular weight excluding hydrogens is 230 g/mol. The summed E-state index contributed by atoms with van der Waals surface area (Å²) in [6.45, 7) is 6.51.